The molecule has 0 fully saturated rings. The number of halogens is 2. The van der Waals surface area contributed by atoms with Gasteiger partial charge in [-0.2, -0.15) is 0 Å². The summed E-state index contributed by atoms with van der Waals surface area (Å²) in [6.07, 6.45) is 0. The molecule has 0 aliphatic heterocycles. The van der Waals surface area contributed by atoms with Crippen molar-refractivity contribution in [2.75, 3.05) is 6.61 Å². The number of aromatic hydroxyl groups is 1. The third-order valence-electron chi connectivity index (χ3n) is 5.04. The van der Waals surface area contributed by atoms with Crippen LogP contribution < -0.4 is 4.74 Å². The second-order valence-electron chi connectivity index (χ2n) is 7.75. The number of ether oxygens (including phenoxy) is 1. The van der Waals surface area contributed by atoms with E-state index >= 15 is 0 Å². The number of carbonyl (C=O) groups excluding carboxylic acids is 1. The van der Waals surface area contributed by atoms with Gasteiger partial charge in [-0.1, -0.05) is 45.7 Å². The summed E-state index contributed by atoms with van der Waals surface area (Å²) in [6, 6.07) is 18.7. The number of fused-ring (bicyclic) bond motifs is 1. The standard InChI is InChI=1S/C25H21BrClN3O3/c1-15-9-16(2)11-20(10-15)33-14-23(31)28-29-24-21-12-18(26)5-8-22(21)30(25(24)32)13-17-3-6-19(27)7-4-17/h3-12,32H,13-14H2,1-2H3. The zero-order chi connectivity index (χ0) is 23.5. The topological polar surface area (TPSA) is 76.2 Å². The van der Waals surface area contributed by atoms with Crippen LogP contribution in [0, 0.1) is 13.8 Å². The molecular formula is C25H21BrClN3O3. The molecule has 1 aromatic heterocycles. The van der Waals surface area contributed by atoms with Crippen LogP contribution >= 0.6 is 27.5 Å². The number of aryl methyl sites for hydroxylation is 2. The quantitative estimate of drug-likeness (QED) is 0.272. The molecule has 0 saturated heterocycles. The molecule has 6 nitrogen and oxygen atoms in total. The van der Waals surface area contributed by atoms with Crippen molar-refractivity contribution in [2.24, 2.45) is 10.2 Å². The fourth-order valence-corrected chi connectivity index (χ4v) is 4.11. The highest BCUT2D eigenvalue weighted by Gasteiger charge is 2.18. The highest BCUT2D eigenvalue weighted by Crippen LogP contribution is 2.40. The van der Waals surface area contributed by atoms with E-state index in [0.717, 1.165) is 26.7 Å². The molecule has 0 saturated carbocycles. The minimum atomic E-state index is -0.554. The van der Waals surface area contributed by atoms with E-state index in [-0.39, 0.29) is 18.2 Å². The smallest absolute Gasteiger partial charge is 0.302 e. The fourth-order valence-electron chi connectivity index (χ4n) is 3.62. The first kappa shape index (κ1) is 23.0. The number of hydrogen-bond donors (Lipinski definition) is 1. The number of benzene rings is 3. The molecule has 0 aliphatic rings. The van der Waals surface area contributed by atoms with Gasteiger partial charge < -0.3 is 14.4 Å². The van der Waals surface area contributed by atoms with Gasteiger partial charge in [-0.05, 0) is 73.0 Å². The summed E-state index contributed by atoms with van der Waals surface area (Å²) in [6.45, 7) is 4.07. The first-order valence-electron chi connectivity index (χ1n) is 10.2. The normalized spacial score (nSPS) is 11.4. The molecule has 0 atom stereocenters. The van der Waals surface area contributed by atoms with Gasteiger partial charge in [-0.15, -0.1) is 10.2 Å². The van der Waals surface area contributed by atoms with Gasteiger partial charge in [0.2, 0.25) is 5.88 Å². The van der Waals surface area contributed by atoms with Crippen LogP contribution in [0.25, 0.3) is 10.9 Å². The molecule has 1 N–H and O–H groups in total. The Morgan fingerprint density at radius 1 is 1.06 bits per heavy atom. The molecule has 0 unspecified atom stereocenters. The summed E-state index contributed by atoms with van der Waals surface area (Å²) >= 11 is 9.44. The predicted octanol–water partition coefficient (Wildman–Crippen LogP) is 7.12. The van der Waals surface area contributed by atoms with Gasteiger partial charge in [0, 0.05) is 14.9 Å². The van der Waals surface area contributed by atoms with E-state index in [1.165, 1.54) is 0 Å². The third-order valence-corrected chi connectivity index (χ3v) is 5.79. The van der Waals surface area contributed by atoms with Crippen molar-refractivity contribution in [3.8, 4) is 11.6 Å². The molecule has 1 amide bonds. The van der Waals surface area contributed by atoms with E-state index in [1.54, 1.807) is 16.7 Å². The molecule has 3 aromatic carbocycles. The fraction of sp³-hybridized carbons (Fsp3) is 0.160. The third kappa shape index (κ3) is 5.43. The maximum absolute atomic E-state index is 12.3. The lowest BCUT2D eigenvalue weighted by Crippen LogP contribution is -2.08. The molecule has 4 rings (SSSR count). The van der Waals surface area contributed by atoms with Crippen LogP contribution in [0.15, 0.2) is 75.4 Å². The van der Waals surface area contributed by atoms with Gasteiger partial charge in [-0.25, -0.2) is 0 Å². The number of aromatic nitrogens is 1. The molecule has 0 bridgehead atoms. The van der Waals surface area contributed by atoms with Crippen molar-refractivity contribution in [3.63, 3.8) is 0 Å². The summed E-state index contributed by atoms with van der Waals surface area (Å²) in [4.78, 5) is 12.3. The predicted molar refractivity (Wildman–Crippen MR) is 133 cm³/mol. The Labute approximate surface area is 204 Å². The minimum absolute atomic E-state index is 0.0789. The van der Waals surface area contributed by atoms with Gasteiger partial charge in [-0.3, -0.25) is 4.79 Å². The van der Waals surface area contributed by atoms with Gasteiger partial charge in [0.05, 0.1) is 12.1 Å². The van der Waals surface area contributed by atoms with Crippen LogP contribution in [0.4, 0.5) is 5.69 Å². The lowest BCUT2D eigenvalue weighted by molar-refractivity contribution is -0.120. The molecule has 0 radical (unpaired) electrons. The van der Waals surface area contributed by atoms with E-state index in [9.17, 15) is 9.90 Å². The summed E-state index contributed by atoms with van der Waals surface area (Å²) in [7, 11) is 0. The average molecular weight is 527 g/mol. The van der Waals surface area contributed by atoms with Crippen molar-refractivity contribution in [2.45, 2.75) is 20.4 Å². The molecule has 1 heterocycles. The molecule has 168 valence electrons. The lowest BCUT2D eigenvalue weighted by Gasteiger charge is -2.07. The van der Waals surface area contributed by atoms with Gasteiger partial charge in [0.25, 0.3) is 0 Å². The van der Waals surface area contributed by atoms with Crippen LogP contribution in [0.5, 0.6) is 11.6 Å². The van der Waals surface area contributed by atoms with Gasteiger partial charge >= 0.3 is 5.91 Å². The second kappa shape index (κ2) is 9.77. The van der Waals surface area contributed by atoms with Crippen LogP contribution in [-0.2, 0) is 11.3 Å². The Morgan fingerprint density at radius 3 is 2.45 bits per heavy atom. The molecule has 0 spiro atoms. The van der Waals surface area contributed by atoms with E-state index in [4.69, 9.17) is 16.3 Å². The lowest BCUT2D eigenvalue weighted by atomic mass is 10.1. The molecule has 8 heteroatoms. The highest BCUT2D eigenvalue weighted by atomic mass is 79.9. The Balaban J connectivity index is 1.59. The molecule has 4 aromatic rings. The summed E-state index contributed by atoms with van der Waals surface area (Å²) in [5, 5.41) is 20.1. The maximum atomic E-state index is 12.3. The SMILES string of the molecule is Cc1cc(C)cc(OCC(=O)N=Nc2c(O)n(Cc3ccc(Cl)cc3)c3ccc(Br)cc23)c1. The Bertz CT molecular complexity index is 1340. The minimum Gasteiger partial charge on any atom is -0.493 e. The molecule has 33 heavy (non-hydrogen) atoms. The molecular weight excluding hydrogens is 506 g/mol. The van der Waals surface area contributed by atoms with E-state index in [1.807, 2.05) is 62.4 Å². The van der Waals surface area contributed by atoms with Crippen molar-refractivity contribution in [3.05, 3.63) is 86.8 Å². The Hall–Kier alpha value is -3.16. The monoisotopic (exact) mass is 525 g/mol. The number of carbonyl (C=O) groups is 1. The van der Waals surface area contributed by atoms with Crippen LogP contribution in [0.2, 0.25) is 5.02 Å². The largest absolute Gasteiger partial charge is 0.493 e. The van der Waals surface area contributed by atoms with E-state index in [2.05, 4.69) is 26.2 Å². The van der Waals surface area contributed by atoms with Gasteiger partial charge in [0.1, 0.15) is 5.75 Å². The van der Waals surface area contributed by atoms with Crippen molar-refractivity contribution in [1.82, 2.24) is 4.57 Å². The van der Waals surface area contributed by atoms with Crippen LogP contribution in [-0.4, -0.2) is 22.2 Å². The number of hydrogen-bond acceptors (Lipinski definition) is 4. The van der Waals surface area contributed by atoms with E-state index < -0.39 is 5.91 Å². The highest BCUT2D eigenvalue weighted by molar-refractivity contribution is 9.10. The van der Waals surface area contributed by atoms with Gasteiger partial charge in [0.15, 0.2) is 12.3 Å². The Morgan fingerprint density at radius 2 is 1.76 bits per heavy atom. The summed E-state index contributed by atoms with van der Waals surface area (Å²) < 4.78 is 8.10. The van der Waals surface area contributed by atoms with Crippen molar-refractivity contribution >= 4 is 50.0 Å². The average Bonchev–Trinajstić information content (AvgIpc) is 3.02. The first-order chi connectivity index (χ1) is 15.8. The summed E-state index contributed by atoms with van der Waals surface area (Å²) in [5.74, 6) is -0.0330. The number of rotatable bonds is 6. The van der Waals surface area contributed by atoms with Crippen LogP contribution in [0.3, 0.4) is 0 Å². The Kier molecular flexibility index (Phi) is 6.81. The molecule has 0 aliphatic carbocycles. The zero-order valence-corrected chi connectivity index (χ0v) is 20.4. The summed E-state index contributed by atoms with van der Waals surface area (Å²) in [5.41, 5.74) is 4.03. The maximum Gasteiger partial charge on any atom is 0.302 e. The number of nitrogens with zero attached hydrogens (tertiary/aromatic N) is 3. The number of amides is 1. The first-order valence-corrected chi connectivity index (χ1v) is 11.4. The zero-order valence-electron chi connectivity index (χ0n) is 18.0. The van der Waals surface area contributed by atoms with Crippen molar-refractivity contribution in [1.29, 1.82) is 0 Å². The van der Waals surface area contributed by atoms with Crippen molar-refractivity contribution < 1.29 is 14.6 Å². The van der Waals surface area contributed by atoms with E-state index in [0.29, 0.717) is 22.7 Å². The number of azo groups is 1. The van der Waals surface area contributed by atoms with Crippen LogP contribution in [0.1, 0.15) is 16.7 Å². The second-order valence-corrected chi connectivity index (χ2v) is 9.10.